The van der Waals surface area contributed by atoms with Gasteiger partial charge in [0, 0.05) is 18.5 Å². The van der Waals surface area contributed by atoms with Crippen LogP contribution in [0.1, 0.15) is 38.5 Å². The monoisotopic (exact) mass is 256 g/mol. The quantitative estimate of drug-likeness (QED) is 0.809. The molecule has 0 aromatic rings. The third-order valence-corrected chi connectivity index (χ3v) is 5.04. The van der Waals surface area contributed by atoms with Crippen LogP contribution in [0.4, 0.5) is 0 Å². The van der Waals surface area contributed by atoms with Crippen LogP contribution in [0.2, 0.25) is 0 Å². The van der Waals surface area contributed by atoms with Crippen molar-refractivity contribution < 1.29 is 4.79 Å². The van der Waals surface area contributed by atoms with E-state index in [4.69, 9.17) is 5.73 Å². The Morgan fingerprint density at radius 3 is 2.71 bits per heavy atom. The molecule has 0 radical (unpaired) electrons. The van der Waals surface area contributed by atoms with E-state index in [9.17, 15) is 4.79 Å². The molecule has 3 nitrogen and oxygen atoms in total. The second-order valence-electron chi connectivity index (χ2n) is 5.42. The summed E-state index contributed by atoms with van der Waals surface area (Å²) >= 11 is 2.03. The second kappa shape index (κ2) is 6.64. The molecule has 1 saturated carbocycles. The van der Waals surface area contributed by atoms with Gasteiger partial charge in [0.2, 0.25) is 5.91 Å². The van der Waals surface area contributed by atoms with Gasteiger partial charge in [0.25, 0.3) is 0 Å². The summed E-state index contributed by atoms with van der Waals surface area (Å²) in [7, 11) is 0. The Labute approximate surface area is 108 Å². The number of carbonyl (C=O) groups is 1. The molecule has 2 atom stereocenters. The number of carbonyl (C=O) groups excluding carboxylic acids is 1. The van der Waals surface area contributed by atoms with Crippen molar-refractivity contribution in [2.24, 2.45) is 17.6 Å². The van der Waals surface area contributed by atoms with E-state index >= 15 is 0 Å². The van der Waals surface area contributed by atoms with Crippen molar-refractivity contribution in [2.75, 3.05) is 18.1 Å². The summed E-state index contributed by atoms with van der Waals surface area (Å²) in [6.07, 6.45) is 6.62. The predicted octanol–water partition coefficient (Wildman–Crippen LogP) is 1.76. The number of nitrogens with one attached hydrogen (secondary N) is 1. The lowest BCUT2D eigenvalue weighted by molar-refractivity contribution is -0.126. The lowest BCUT2D eigenvalue weighted by Gasteiger charge is -2.27. The van der Waals surface area contributed by atoms with Gasteiger partial charge in [-0.25, -0.2) is 0 Å². The van der Waals surface area contributed by atoms with Crippen molar-refractivity contribution in [3.63, 3.8) is 0 Å². The maximum Gasteiger partial charge on any atom is 0.223 e. The summed E-state index contributed by atoms with van der Waals surface area (Å²) in [6, 6.07) is 0.241. The van der Waals surface area contributed by atoms with Gasteiger partial charge in [-0.2, -0.15) is 11.8 Å². The molecule has 0 aromatic carbocycles. The molecule has 0 aromatic heterocycles. The van der Waals surface area contributed by atoms with E-state index in [1.165, 1.54) is 24.3 Å². The van der Waals surface area contributed by atoms with Crippen LogP contribution in [0.15, 0.2) is 0 Å². The van der Waals surface area contributed by atoms with Gasteiger partial charge >= 0.3 is 0 Å². The molecule has 0 bridgehead atoms. The van der Waals surface area contributed by atoms with E-state index in [-0.39, 0.29) is 17.9 Å². The molecule has 1 amide bonds. The first-order valence-electron chi connectivity index (χ1n) is 6.86. The minimum atomic E-state index is 0.178. The smallest absolute Gasteiger partial charge is 0.223 e. The molecule has 2 aliphatic rings. The molecule has 2 fully saturated rings. The van der Waals surface area contributed by atoms with Gasteiger partial charge in [0.05, 0.1) is 0 Å². The molecule has 1 aliphatic carbocycles. The van der Waals surface area contributed by atoms with Crippen molar-refractivity contribution in [1.82, 2.24) is 5.32 Å². The van der Waals surface area contributed by atoms with Gasteiger partial charge in [-0.1, -0.05) is 6.42 Å². The SMILES string of the molecule is NC1CCCC(C(=O)NCC2CCSCC2)C1. The Kier molecular flexibility index (Phi) is 5.16. The summed E-state index contributed by atoms with van der Waals surface area (Å²) < 4.78 is 0. The molecule has 3 N–H and O–H groups in total. The number of nitrogens with two attached hydrogens (primary N) is 1. The first-order valence-corrected chi connectivity index (χ1v) is 8.02. The fraction of sp³-hybridized carbons (Fsp3) is 0.923. The molecular formula is C13H24N2OS. The van der Waals surface area contributed by atoms with E-state index < -0.39 is 0 Å². The van der Waals surface area contributed by atoms with Crippen LogP contribution in [0.5, 0.6) is 0 Å². The largest absolute Gasteiger partial charge is 0.356 e. The third-order valence-electron chi connectivity index (χ3n) is 3.99. The van der Waals surface area contributed by atoms with E-state index in [1.54, 1.807) is 0 Å². The Hall–Kier alpha value is -0.220. The zero-order valence-corrected chi connectivity index (χ0v) is 11.3. The fourth-order valence-corrected chi connectivity index (χ4v) is 4.01. The van der Waals surface area contributed by atoms with Crippen LogP contribution in [-0.4, -0.2) is 30.0 Å². The molecule has 2 rings (SSSR count). The number of amides is 1. The minimum absolute atomic E-state index is 0.178. The average molecular weight is 256 g/mol. The number of rotatable bonds is 3. The van der Waals surface area contributed by atoms with Gasteiger partial charge < -0.3 is 11.1 Å². The third kappa shape index (κ3) is 4.18. The van der Waals surface area contributed by atoms with Crippen LogP contribution >= 0.6 is 11.8 Å². The van der Waals surface area contributed by atoms with Crippen LogP contribution in [0.25, 0.3) is 0 Å². The normalized spacial score (nSPS) is 31.1. The number of thioether (sulfide) groups is 1. The Morgan fingerprint density at radius 1 is 1.24 bits per heavy atom. The highest BCUT2D eigenvalue weighted by Crippen LogP contribution is 2.24. The van der Waals surface area contributed by atoms with Crippen LogP contribution in [-0.2, 0) is 4.79 Å². The summed E-state index contributed by atoms with van der Waals surface area (Å²) in [5, 5.41) is 3.14. The highest BCUT2D eigenvalue weighted by molar-refractivity contribution is 7.99. The zero-order chi connectivity index (χ0) is 12.1. The Bertz CT molecular complexity index is 254. The average Bonchev–Trinajstić information content (AvgIpc) is 2.37. The van der Waals surface area contributed by atoms with Gasteiger partial charge in [0.1, 0.15) is 0 Å². The van der Waals surface area contributed by atoms with Gasteiger partial charge in [-0.05, 0) is 49.5 Å². The van der Waals surface area contributed by atoms with Crippen molar-refractivity contribution in [3.05, 3.63) is 0 Å². The van der Waals surface area contributed by atoms with Crippen LogP contribution in [0, 0.1) is 11.8 Å². The molecule has 0 spiro atoms. The molecule has 17 heavy (non-hydrogen) atoms. The maximum atomic E-state index is 12.0. The number of hydrogen-bond acceptors (Lipinski definition) is 3. The van der Waals surface area contributed by atoms with Crippen LogP contribution in [0.3, 0.4) is 0 Å². The van der Waals surface area contributed by atoms with Gasteiger partial charge in [-0.15, -0.1) is 0 Å². The van der Waals surface area contributed by atoms with Crippen molar-refractivity contribution in [2.45, 2.75) is 44.6 Å². The van der Waals surface area contributed by atoms with Gasteiger partial charge in [-0.3, -0.25) is 4.79 Å². The Balaban J connectivity index is 1.69. The van der Waals surface area contributed by atoms with Crippen molar-refractivity contribution in [1.29, 1.82) is 0 Å². The minimum Gasteiger partial charge on any atom is -0.356 e. The molecule has 1 heterocycles. The summed E-state index contributed by atoms with van der Waals surface area (Å²) in [6.45, 7) is 0.880. The van der Waals surface area contributed by atoms with E-state index in [1.807, 2.05) is 11.8 Å². The predicted molar refractivity (Wildman–Crippen MR) is 73.0 cm³/mol. The maximum absolute atomic E-state index is 12.0. The Morgan fingerprint density at radius 2 is 2.00 bits per heavy atom. The molecular weight excluding hydrogens is 232 g/mol. The highest BCUT2D eigenvalue weighted by atomic mass is 32.2. The highest BCUT2D eigenvalue weighted by Gasteiger charge is 2.25. The molecule has 2 unspecified atom stereocenters. The number of hydrogen-bond donors (Lipinski definition) is 2. The standard InChI is InChI=1S/C13H24N2OS/c14-12-3-1-2-11(8-12)13(16)15-9-10-4-6-17-7-5-10/h10-12H,1-9,14H2,(H,15,16). The van der Waals surface area contributed by atoms with E-state index in [0.29, 0.717) is 5.92 Å². The fourth-order valence-electron chi connectivity index (χ4n) is 2.81. The van der Waals surface area contributed by atoms with E-state index in [0.717, 1.165) is 32.2 Å². The van der Waals surface area contributed by atoms with E-state index in [2.05, 4.69) is 5.32 Å². The zero-order valence-electron chi connectivity index (χ0n) is 10.5. The first kappa shape index (κ1) is 13.2. The summed E-state index contributed by atoms with van der Waals surface area (Å²) in [5.41, 5.74) is 5.92. The van der Waals surface area contributed by atoms with Crippen molar-refractivity contribution in [3.8, 4) is 0 Å². The summed E-state index contributed by atoms with van der Waals surface area (Å²) in [4.78, 5) is 12.0. The molecule has 4 heteroatoms. The lowest BCUT2D eigenvalue weighted by atomic mass is 9.85. The molecule has 1 saturated heterocycles. The molecule has 1 aliphatic heterocycles. The lowest BCUT2D eigenvalue weighted by Crippen LogP contribution is -2.39. The topological polar surface area (TPSA) is 55.1 Å². The van der Waals surface area contributed by atoms with Crippen LogP contribution < -0.4 is 11.1 Å². The molecule has 98 valence electrons. The second-order valence-corrected chi connectivity index (χ2v) is 6.65. The van der Waals surface area contributed by atoms with Gasteiger partial charge in [0.15, 0.2) is 0 Å². The summed E-state index contributed by atoms with van der Waals surface area (Å²) in [5.74, 6) is 3.65. The first-order chi connectivity index (χ1) is 8.25. The van der Waals surface area contributed by atoms with Crippen molar-refractivity contribution >= 4 is 17.7 Å².